The Labute approximate surface area is 63.0 Å². The topological polar surface area (TPSA) is 49.1 Å². The number of nitrogens with two attached hydrogens (primary N) is 1. The maximum atomic E-state index is 11.6. The van der Waals surface area contributed by atoms with E-state index in [1.54, 1.807) is 0 Å². The standard InChI is InChI=1S/C7H18N2O/c1-4-7(8)9(10,5-2)6-3/h7H,4-6,8H2,1-3H3. The van der Waals surface area contributed by atoms with E-state index in [4.69, 9.17) is 5.73 Å². The summed E-state index contributed by atoms with van der Waals surface area (Å²) in [7, 11) is 0. The van der Waals surface area contributed by atoms with E-state index in [1.807, 2.05) is 20.8 Å². The minimum atomic E-state index is -0.253. The van der Waals surface area contributed by atoms with Crippen molar-refractivity contribution in [3.05, 3.63) is 5.21 Å². The molecule has 0 aliphatic rings. The van der Waals surface area contributed by atoms with Crippen molar-refractivity contribution in [1.82, 2.24) is 0 Å². The lowest BCUT2D eigenvalue weighted by Gasteiger charge is -2.45. The fraction of sp³-hybridized carbons (Fsp3) is 1.00. The Bertz CT molecular complexity index is 91.6. The van der Waals surface area contributed by atoms with E-state index >= 15 is 0 Å². The van der Waals surface area contributed by atoms with Gasteiger partial charge in [-0.1, -0.05) is 6.92 Å². The average Bonchev–Trinajstić information content (AvgIpc) is 2.01. The van der Waals surface area contributed by atoms with Crippen molar-refractivity contribution in [1.29, 1.82) is 0 Å². The molecule has 3 nitrogen and oxygen atoms in total. The smallest absolute Gasteiger partial charge is 0.139 e. The molecule has 0 rings (SSSR count). The van der Waals surface area contributed by atoms with Crippen molar-refractivity contribution >= 4 is 0 Å². The highest BCUT2D eigenvalue weighted by Crippen LogP contribution is 2.08. The van der Waals surface area contributed by atoms with E-state index < -0.39 is 0 Å². The van der Waals surface area contributed by atoms with Gasteiger partial charge in [0, 0.05) is 6.42 Å². The first-order chi connectivity index (χ1) is 4.60. The second-order valence-electron chi connectivity index (χ2n) is 2.56. The third kappa shape index (κ3) is 1.94. The molecule has 0 fully saturated rings. The summed E-state index contributed by atoms with van der Waals surface area (Å²) in [5.41, 5.74) is 5.63. The summed E-state index contributed by atoms with van der Waals surface area (Å²) in [6.45, 7) is 6.86. The largest absolute Gasteiger partial charge is 0.632 e. The van der Waals surface area contributed by atoms with Gasteiger partial charge in [-0.3, -0.25) is 5.73 Å². The molecular formula is C7H18N2O. The van der Waals surface area contributed by atoms with Gasteiger partial charge in [0.2, 0.25) is 0 Å². The lowest BCUT2D eigenvalue weighted by Crippen LogP contribution is -2.54. The lowest BCUT2D eigenvalue weighted by molar-refractivity contribution is -0.902. The molecule has 62 valence electrons. The first-order valence-electron chi connectivity index (χ1n) is 3.94. The molecule has 3 heteroatoms. The number of hydrogen-bond donors (Lipinski definition) is 1. The van der Waals surface area contributed by atoms with Gasteiger partial charge in [0.25, 0.3) is 0 Å². The van der Waals surface area contributed by atoms with Crippen molar-refractivity contribution in [2.75, 3.05) is 13.1 Å². The van der Waals surface area contributed by atoms with E-state index in [1.165, 1.54) is 0 Å². The molecule has 0 aliphatic heterocycles. The molecule has 0 heterocycles. The fourth-order valence-electron chi connectivity index (χ4n) is 1.03. The Morgan fingerprint density at radius 2 is 1.70 bits per heavy atom. The highest BCUT2D eigenvalue weighted by molar-refractivity contribution is 4.48. The second-order valence-corrected chi connectivity index (χ2v) is 2.56. The fourth-order valence-corrected chi connectivity index (χ4v) is 1.03. The zero-order valence-corrected chi connectivity index (χ0v) is 7.13. The summed E-state index contributed by atoms with van der Waals surface area (Å²) in [5, 5.41) is 11.6. The summed E-state index contributed by atoms with van der Waals surface area (Å²) in [4.78, 5) is 0. The molecule has 0 amide bonds. The molecule has 2 N–H and O–H groups in total. The number of hydroxylamine groups is 3. The average molecular weight is 146 g/mol. The Hall–Kier alpha value is -0.120. The summed E-state index contributed by atoms with van der Waals surface area (Å²) < 4.78 is -0.253. The van der Waals surface area contributed by atoms with Gasteiger partial charge < -0.3 is 9.85 Å². The van der Waals surface area contributed by atoms with Crippen LogP contribution in [0.5, 0.6) is 0 Å². The van der Waals surface area contributed by atoms with Gasteiger partial charge in [0.05, 0.1) is 13.1 Å². The number of hydrogen-bond acceptors (Lipinski definition) is 2. The zero-order valence-electron chi connectivity index (χ0n) is 7.13. The normalized spacial score (nSPS) is 15.3. The van der Waals surface area contributed by atoms with Crippen LogP contribution in [0.1, 0.15) is 27.2 Å². The monoisotopic (exact) mass is 146 g/mol. The van der Waals surface area contributed by atoms with Crippen LogP contribution >= 0.6 is 0 Å². The van der Waals surface area contributed by atoms with Crippen LogP contribution in [-0.4, -0.2) is 23.9 Å². The van der Waals surface area contributed by atoms with Gasteiger partial charge in [0.1, 0.15) is 6.17 Å². The first kappa shape index (κ1) is 9.88. The van der Waals surface area contributed by atoms with Crippen LogP contribution in [0.3, 0.4) is 0 Å². The number of nitrogens with zero attached hydrogens (tertiary/aromatic N) is 1. The first-order valence-corrected chi connectivity index (χ1v) is 3.94. The number of quaternary nitrogens is 1. The minimum absolute atomic E-state index is 0.241. The van der Waals surface area contributed by atoms with Crippen LogP contribution in [-0.2, 0) is 0 Å². The van der Waals surface area contributed by atoms with E-state index in [0.717, 1.165) is 6.42 Å². The van der Waals surface area contributed by atoms with E-state index in [-0.39, 0.29) is 10.8 Å². The molecule has 0 aromatic rings. The predicted octanol–water partition coefficient (Wildman–Crippen LogP) is 1.04. The zero-order chi connectivity index (χ0) is 8.20. The molecule has 1 atom stereocenters. The Kier molecular flexibility index (Phi) is 3.86. The Balaban J connectivity index is 4.02. The molecule has 0 bridgehead atoms. The summed E-state index contributed by atoms with van der Waals surface area (Å²) in [6.07, 6.45) is 0.514. The highest BCUT2D eigenvalue weighted by atomic mass is 16.5. The van der Waals surface area contributed by atoms with Crippen molar-refractivity contribution in [2.24, 2.45) is 5.73 Å². The van der Waals surface area contributed by atoms with Gasteiger partial charge in [-0.25, -0.2) is 0 Å². The van der Waals surface area contributed by atoms with Crippen LogP contribution in [0.25, 0.3) is 0 Å². The minimum Gasteiger partial charge on any atom is -0.632 e. The SMILES string of the molecule is CCC(N)[N+]([O-])(CC)CC. The molecule has 0 saturated heterocycles. The van der Waals surface area contributed by atoms with Crippen molar-refractivity contribution in [3.63, 3.8) is 0 Å². The second kappa shape index (κ2) is 3.91. The van der Waals surface area contributed by atoms with E-state index in [9.17, 15) is 5.21 Å². The maximum Gasteiger partial charge on any atom is 0.139 e. The van der Waals surface area contributed by atoms with Crippen LogP contribution in [0.4, 0.5) is 0 Å². The van der Waals surface area contributed by atoms with Gasteiger partial charge in [-0.05, 0) is 13.8 Å². The van der Waals surface area contributed by atoms with Gasteiger partial charge in [-0.2, -0.15) is 0 Å². The van der Waals surface area contributed by atoms with Gasteiger partial charge >= 0.3 is 0 Å². The molecule has 0 saturated carbocycles. The van der Waals surface area contributed by atoms with E-state index in [0.29, 0.717) is 13.1 Å². The lowest BCUT2D eigenvalue weighted by atomic mass is 10.3. The third-order valence-electron chi connectivity index (χ3n) is 2.09. The van der Waals surface area contributed by atoms with E-state index in [2.05, 4.69) is 0 Å². The summed E-state index contributed by atoms with van der Waals surface area (Å²) >= 11 is 0. The van der Waals surface area contributed by atoms with Crippen molar-refractivity contribution < 1.29 is 4.65 Å². The van der Waals surface area contributed by atoms with Crippen LogP contribution in [0.15, 0.2) is 0 Å². The summed E-state index contributed by atoms with van der Waals surface area (Å²) in [5.74, 6) is 0. The van der Waals surface area contributed by atoms with Crippen molar-refractivity contribution in [3.8, 4) is 0 Å². The molecule has 0 aromatic carbocycles. The van der Waals surface area contributed by atoms with Gasteiger partial charge in [0.15, 0.2) is 0 Å². The molecule has 0 spiro atoms. The molecule has 0 aromatic heterocycles. The Morgan fingerprint density at radius 3 is 1.80 bits per heavy atom. The highest BCUT2D eigenvalue weighted by Gasteiger charge is 2.18. The van der Waals surface area contributed by atoms with Crippen LogP contribution in [0, 0.1) is 5.21 Å². The third-order valence-corrected chi connectivity index (χ3v) is 2.09. The quantitative estimate of drug-likeness (QED) is 0.366. The number of rotatable bonds is 4. The molecule has 1 unspecified atom stereocenters. The van der Waals surface area contributed by atoms with Crippen molar-refractivity contribution in [2.45, 2.75) is 33.4 Å². The molecule has 0 aliphatic carbocycles. The van der Waals surface area contributed by atoms with Gasteiger partial charge in [-0.15, -0.1) is 0 Å². The Morgan fingerprint density at radius 1 is 1.30 bits per heavy atom. The molecule has 10 heavy (non-hydrogen) atoms. The molecular weight excluding hydrogens is 128 g/mol. The van der Waals surface area contributed by atoms with Crippen LogP contribution in [0.2, 0.25) is 0 Å². The predicted molar refractivity (Wildman–Crippen MR) is 43.0 cm³/mol. The molecule has 0 radical (unpaired) electrons. The summed E-state index contributed by atoms with van der Waals surface area (Å²) in [6, 6.07) is 0. The van der Waals surface area contributed by atoms with Crippen LogP contribution < -0.4 is 5.73 Å². The maximum absolute atomic E-state index is 11.6.